The maximum Gasteiger partial charge on any atom is 0.137 e. The lowest BCUT2D eigenvalue weighted by atomic mass is 9.92. The molecule has 0 fully saturated rings. The number of halogens is 2. The van der Waals surface area contributed by atoms with Gasteiger partial charge in [-0.1, -0.05) is 17.7 Å². The minimum Gasteiger partial charge on any atom is -0.327 e. The normalized spacial score (nSPS) is 20.7. The zero-order valence-electron chi connectivity index (χ0n) is 9.05. The average Bonchev–Trinajstić information content (AvgIpc) is 2.27. The fourth-order valence-corrected chi connectivity index (χ4v) is 2.41. The van der Waals surface area contributed by atoms with Crippen molar-refractivity contribution in [2.24, 2.45) is 5.73 Å². The summed E-state index contributed by atoms with van der Waals surface area (Å²) in [5, 5.41) is 0. The zero-order chi connectivity index (χ0) is 11.5. The molecule has 0 aromatic heterocycles. The Morgan fingerprint density at radius 3 is 2.88 bits per heavy atom. The monoisotopic (exact) mass is 283 g/mol. The Labute approximate surface area is 104 Å². The predicted octanol–water partition coefficient (Wildman–Crippen LogP) is 3.57. The van der Waals surface area contributed by atoms with Crippen LogP contribution in [0.25, 0.3) is 0 Å². The van der Waals surface area contributed by atoms with Crippen LogP contribution in [0.2, 0.25) is 0 Å². The first-order valence-electron chi connectivity index (χ1n) is 5.52. The first-order valence-corrected chi connectivity index (χ1v) is 6.32. The Morgan fingerprint density at radius 2 is 2.25 bits per heavy atom. The van der Waals surface area contributed by atoms with Gasteiger partial charge in [0.1, 0.15) is 5.82 Å². The molecule has 3 heteroatoms. The van der Waals surface area contributed by atoms with E-state index in [0.717, 1.165) is 31.2 Å². The van der Waals surface area contributed by atoms with Crippen molar-refractivity contribution >= 4 is 15.9 Å². The van der Waals surface area contributed by atoms with E-state index in [-0.39, 0.29) is 5.82 Å². The van der Waals surface area contributed by atoms with E-state index in [0.29, 0.717) is 10.5 Å². The zero-order valence-corrected chi connectivity index (χ0v) is 10.6. The van der Waals surface area contributed by atoms with Gasteiger partial charge in [0.05, 0.1) is 4.47 Å². The van der Waals surface area contributed by atoms with Crippen LogP contribution in [0, 0.1) is 5.82 Å². The van der Waals surface area contributed by atoms with Gasteiger partial charge in [0, 0.05) is 6.04 Å². The highest BCUT2D eigenvalue weighted by Gasteiger charge is 2.11. The van der Waals surface area contributed by atoms with Gasteiger partial charge in [-0.15, -0.1) is 0 Å². The molecule has 2 N–H and O–H groups in total. The van der Waals surface area contributed by atoms with Gasteiger partial charge in [-0.3, -0.25) is 0 Å². The Bertz CT molecular complexity index is 414. The van der Waals surface area contributed by atoms with Gasteiger partial charge in [-0.25, -0.2) is 4.39 Å². The molecule has 1 aliphatic rings. The molecule has 0 amide bonds. The van der Waals surface area contributed by atoms with Crippen LogP contribution in [0.15, 0.2) is 34.3 Å². The molecule has 0 aliphatic heterocycles. The fraction of sp³-hybridized carbons (Fsp3) is 0.385. The van der Waals surface area contributed by atoms with E-state index in [1.165, 1.54) is 11.6 Å². The van der Waals surface area contributed by atoms with Crippen molar-refractivity contribution in [1.29, 1.82) is 0 Å². The number of allylic oxidation sites excluding steroid dienone is 1. The molecule has 86 valence electrons. The summed E-state index contributed by atoms with van der Waals surface area (Å²) >= 11 is 3.21. The predicted molar refractivity (Wildman–Crippen MR) is 67.7 cm³/mol. The SMILES string of the molecule is NC1CC=C(Cc2ccc(F)c(Br)c2)CC1. The van der Waals surface area contributed by atoms with Crippen LogP contribution < -0.4 is 5.73 Å². The molecule has 1 unspecified atom stereocenters. The highest BCUT2D eigenvalue weighted by molar-refractivity contribution is 9.10. The van der Waals surface area contributed by atoms with Crippen molar-refractivity contribution in [2.75, 3.05) is 0 Å². The summed E-state index contributed by atoms with van der Waals surface area (Å²) < 4.78 is 13.6. The van der Waals surface area contributed by atoms with Crippen LogP contribution in [0.5, 0.6) is 0 Å². The topological polar surface area (TPSA) is 26.0 Å². The summed E-state index contributed by atoms with van der Waals surface area (Å²) in [5.74, 6) is -0.205. The summed E-state index contributed by atoms with van der Waals surface area (Å²) in [6.07, 6.45) is 6.24. The second-order valence-electron chi connectivity index (χ2n) is 4.32. The van der Waals surface area contributed by atoms with Crippen molar-refractivity contribution in [3.8, 4) is 0 Å². The minimum absolute atomic E-state index is 0.205. The largest absolute Gasteiger partial charge is 0.327 e. The molecule has 0 bridgehead atoms. The summed E-state index contributed by atoms with van der Waals surface area (Å²) in [7, 11) is 0. The molecule has 0 spiro atoms. The van der Waals surface area contributed by atoms with Crippen LogP contribution >= 0.6 is 15.9 Å². The maximum atomic E-state index is 13.1. The molecule has 1 aromatic carbocycles. The van der Waals surface area contributed by atoms with Gasteiger partial charge >= 0.3 is 0 Å². The summed E-state index contributed by atoms with van der Waals surface area (Å²) in [4.78, 5) is 0. The Balaban J connectivity index is 2.06. The van der Waals surface area contributed by atoms with Crippen molar-refractivity contribution < 1.29 is 4.39 Å². The van der Waals surface area contributed by atoms with Crippen molar-refractivity contribution in [3.05, 3.63) is 45.7 Å². The summed E-state index contributed by atoms with van der Waals surface area (Å²) in [6, 6.07) is 5.53. The molecule has 1 nitrogen and oxygen atoms in total. The fourth-order valence-electron chi connectivity index (χ4n) is 1.98. The minimum atomic E-state index is -0.205. The molecule has 2 rings (SSSR count). The quantitative estimate of drug-likeness (QED) is 0.825. The number of nitrogens with two attached hydrogens (primary N) is 1. The third-order valence-corrected chi connectivity index (χ3v) is 3.57. The third kappa shape index (κ3) is 2.92. The molecular formula is C13H15BrFN. The number of hydrogen-bond acceptors (Lipinski definition) is 1. The Hall–Kier alpha value is -0.670. The average molecular weight is 284 g/mol. The van der Waals surface area contributed by atoms with E-state index in [2.05, 4.69) is 22.0 Å². The third-order valence-electron chi connectivity index (χ3n) is 2.96. The van der Waals surface area contributed by atoms with Gasteiger partial charge in [-0.05, 0) is 59.3 Å². The smallest absolute Gasteiger partial charge is 0.137 e. The summed E-state index contributed by atoms with van der Waals surface area (Å²) in [6.45, 7) is 0. The highest BCUT2D eigenvalue weighted by atomic mass is 79.9. The second kappa shape index (κ2) is 5.11. The number of hydrogen-bond donors (Lipinski definition) is 1. The van der Waals surface area contributed by atoms with E-state index in [9.17, 15) is 4.39 Å². The molecule has 1 atom stereocenters. The van der Waals surface area contributed by atoms with E-state index >= 15 is 0 Å². The molecule has 0 heterocycles. The molecular weight excluding hydrogens is 269 g/mol. The molecule has 0 saturated carbocycles. The molecule has 16 heavy (non-hydrogen) atoms. The van der Waals surface area contributed by atoms with Crippen LogP contribution in [0.3, 0.4) is 0 Å². The van der Waals surface area contributed by atoms with Crippen molar-refractivity contribution in [2.45, 2.75) is 31.7 Å². The second-order valence-corrected chi connectivity index (χ2v) is 5.18. The lowest BCUT2D eigenvalue weighted by Crippen LogP contribution is -2.22. The molecule has 1 aliphatic carbocycles. The number of rotatable bonds is 2. The van der Waals surface area contributed by atoms with Gasteiger partial charge in [-0.2, -0.15) is 0 Å². The van der Waals surface area contributed by atoms with E-state index < -0.39 is 0 Å². The van der Waals surface area contributed by atoms with E-state index in [1.54, 1.807) is 0 Å². The van der Waals surface area contributed by atoms with Crippen molar-refractivity contribution in [3.63, 3.8) is 0 Å². The lowest BCUT2D eigenvalue weighted by Gasteiger charge is -2.18. The summed E-state index contributed by atoms with van der Waals surface area (Å²) in [5.41, 5.74) is 8.40. The lowest BCUT2D eigenvalue weighted by molar-refractivity contribution is 0.583. The standard InChI is InChI=1S/C13H15BrFN/c14-12-8-10(3-6-13(12)15)7-9-1-4-11(16)5-2-9/h1,3,6,8,11H,2,4-5,7,16H2. The van der Waals surface area contributed by atoms with Gasteiger partial charge in [0.2, 0.25) is 0 Å². The van der Waals surface area contributed by atoms with Gasteiger partial charge in [0.25, 0.3) is 0 Å². The van der Waals surface area contributed by atoms with E-state index in [4.69, 9.17) is 5.73 Å². The first kappa shape index (κ1) is 11.8. The molecule has 1 aromatic rings. The van der Waals surface area contributed by atoms with Gasteiger partial charge < -0.3 is 5.73 Å². The van der Waals surface area contributed by atoms with Crippen molar-refractivity contribution in [1.82, 2.24) is 0 Å². The van der Waals surface area contributed by atoms with Crippen LogP contribution in [0.1, 0.15) is 24.8 Å². The van der Waals surface area contributed by atoms with Gasteiger partial charge in [0.15, 0.2) is 0 Å². The van der Waals surface area contributed by atoms with Crippen LogP contribution in [-0.4, -0.2) is 6.04 Å². The molecule has 0 radical (unpaired) electrons. The first-order chi connectivity index (χ1) is 7.65. The van der Waals surface area contributed by atoms with E-state index in [1.807, 2.05) is 12.1 Å². The van der Waals surface area contributed by atoms with Crippen LogP contribution in [0.4, 0.5) is 4.39 Å². The highest BCUT2D eigenvalue weighted by Crippen LogP contribution is 2.23. The van der Waals surface area contributed by atoms with Crippen LogP contribution in [-0.2, 0) is 6.42 Å². The Kier molecular flexibility index (Phi) is 3.77. The maximum absolute atomic E-state index is 13.1. The number of benzene rings is 1. The molecule has 0 saturated heterocycles. The Morgan fingerprint density at radius 1 is 1.44 bits per heavy atom.